The molecule has 0 aliphatic heterocycles. The minimum absolute atomic E-state index is 0.0949. The zero-order valence-electron chi connectivity index (χ0n) is 10.2. The molecule has 9 heteroatoms. The molecule has 106 valence electrons. The van der Waals surface area contributed by atoms with E-state index in [-0.39, 0.29) is 11.4 Å². The number of aliphatic hydroxyl groups is 2. The summed E-state index contributed by atoms with van der Waals surface area (Å²) in [6.07, 6.45) is -3.30. The number of carbonyl (C=O) groups is 1. The number of non-ortho nitro benzene ring substituents is 1. The SMILES string of the molecule is NC(=O)CC(O)C(O)c1[nH]nc2ccc([N+](=O)[O-])cc12. The highest BCUT2D eigenvalue weighted by molar-refractivity contribution is 5.84. The largest absolute Gasteiger partial charge is 0.389 e. The van der Waals surface area contributed by atoms with Gasteiger partial charge in [-0.15, -0.1) is 0 Å². The molecule has 1 aromatic heterocycles. The zero-order chi connectivity index (χ0) is 14.9. The van der Waals surface area contributed by atoms with Crippen LogP contribution in [0.4, 0.5) is 5.69 Å². The first kappa shape index (κ1) is 13.9. The predicted molar refractivity (Wildman–Crippen MR) is 67.5 cm³/mol. The fraction of sp³-hybridized carbons (Fsp3) is 0.273. The van der Waals surface area contributed by atoms with Crippen LogP contribution in [0.25, 0.3) is 10.9 Å². The molecule has 0 fully saturated rings. The number of carbonyl (C=O) groups excluding carboxylic acids is 1. The highest BCUT2D eigenvalue weighted by atomic mass is 16.6. The Balaban J connectivity index is 2.41. The van der Waals surface area contributed by atoms with E-state index in [4.69, 9.17) is 5.73 Å². The molecule has 0 radical (unpaired) electrons. The third-order valence-electron chi connectivity index (χ3n) is 2.85. The van der Waals surface area contributed by atoms with Crippen molar-refractivity contribution >= 4 is 22.5 Å². The van der Waals surface area contributed by atoms with Crippen molar-refractivity contribution in [1.82, 2.24) is 10.2 Å². The van der Waals surface area contributed by atoms with E-state index in [1.165, 1.54) is 18.2 Å². The lowest BCUT2D eigenvalue weighted by molar-refractivity contribution is -0.384. The van der Waals surface area contributed by atoms with Crippen molar-refractivity contribution in [2.75, 3.05) is 0 Å². The molecule has 20 heavy (non-hydrogen) atoms. The van der Waals surface area contributed by atoms with Crippen LogP contribution in [0.3, 0.4) is 0 Å². The molecule has 0 aliphatic carbocycles. The van der Waals surface area contributed by atoms with Crippen molar-refractivity contribution in [3.05, 3.63) is 34.0 Å². The molecule has 2 aromatic rings. The van der Waals surface area contributed by atoms with Gasteiger partial charge in [-0.3, -0.25) is 20.0 Å². The number of nitrogens with two attached hydrogens (primary N) is 1. The average molecular weight is 280 g/mol. The zero-order valence-corrected chi connectivity index (χ0v) is 10.2. The Morgan fingerprint density at radius 1 is 1.50 bits per heavy atom. The standard InChI is InChI=1S/C11H12N4O5/c12-9(17)4-8(16)11(18)10-6-3-5(15(19)20)1-2-7(6)13-14-10/h1-3,8,11,16,18H,4H2,(H2,12,17)(H,13,14). The van der Waals surface area contributed by atoms with E-state index < -0.39 is 29.5 Å². The molecule has 0 aliphatic rings. The van der Waals surface area contributed by atoms with Gasteiger partial charge in [0.1, 0.15) is 6.10 Å². The van der Waals surface area contributed by atoms with Gasteiger partial charge in [0.05, 0.1) is 28.7 Å². The molecule has 1 amide bonds. The van der Waals surface area contributed by atoms with Gasteiger partial charge < -0.3 is 15.9 Å². The molecule has 1 heterocycles. The molecular formula is C11H12N4O5. The van der Waals surface area contributed by atoms with Gasteiger partial charge in [0.25, 0.3) is 5.69 Å². The van der Waals surface area contributed by atoms with Crippen LogP contribution in [0.1, 0.15) is 18.2 Å². The highest BCUT2D eigenvalue weighted by Gasteiger charge is 2.24. The first-order valence-electron chi connectivity index (χ1n) is 5.67. The number of nitrogens with one attached hydrogen (secondary N) is 1. The van der Waals surface area contributed by atoms with Crippen molar-refractivity contribution in [2.24, 2.45) is 5.73 Å². The van der Waals surface area contributed by atoms with Crippen molar-refractivity contribution in [3.63, 3.8) is 0 Å². The number of hydrogen-bond donors (Lipinski definition) is 4. The lowest BCUT2D eigenvalue weighted by Gasteiger charge is -2.15. The van der Waals surface area contributed by atoms with Crippen LogP contribution in [0.15, 0.2) is 18.2 Å². The van der Waals surface area contributed by atoms with Crippen LogP contribution in [-0.2, 0) is 4.79 Å². The number of fused-ring (bicyclic) bond motifs is 1. The predicted octanol–water partition coefficient (Wildman–Crippen LogP) is -0.259. The van der Waals surface area contributed by atoms with E-state index in [1.807, 2.05) is 0 Å². The second-order valence-corrected chi connectivity index (χ2v) is 4.28. The maximum absolute atomic E-state index is 10.7. The van der Waals surface area contributed by atoms with Crippen LogP contribution in [0, 0.1) is 10.1 Å². The lowest BCUT2D eigenvalue weighted by atomic mass is 10.0. The van der Waals surface area contributed by atoms with E-state index in [0.717, 1.165) is 0 Å². The fourth-order valence-corrected chi connectivity index (χ4v) is 1.87. The molecule has 5 N–H and O–H groups in total. The normalized spacial score (nSPS) is 14.1. The van der Waals surface area contributed by atoms with E-state index in [0.29, 0.717) is 10.9 Å². The number of aromatic amines is 1. The smallest absolute Gasteiger partial charge is 0.270 e. The minimum Gasteiger partial charge on any atom is -0.389 e. The van der Waals surface area contributed by atoms with E-state index >= 15 is 0 Å². The Morgan fingerprint density at radius 3 is 2.80 bits per heavy atom. The molecule has 0 bridgehead atoms. The number of nitro groups is 1. The fourth-order valence-electron chi connectivity index (χ4n) is 1.87. The van der Waals surface area contributed by atoms with Crippen LogP contribution < -0.4 is 5.73 Å². The van der Waals surface area contributed by atoms with Gasteiger partial charge >= 0.3 is 0 Å². The maximum Gasteiger partial charge on any atom is 0.270 e. The van der Waals surface area contributed by atoms with Gasteiger partial charge in [-0.2, -0.15) is 5.10 Å². The quantitative estimate of drug-likeness (QED) is 0.436. The summed E-state index contributed by atoms with van der Waals surface area (Å²) in [5, 5.41) is 37.0. The van der Waals surface area contributed by atoms with Crippen LogP contribution in [0.2, 0.25) is 0 Å². The number of nitrogens with zero attached hydrogens (tertiary/aromatic N) is 2. The maximum atomic E-state index is 10.7. The summed E-state index contributed by atoms with van der Waals surface area (Å²) in [7, 11) is 0. The van der Waals surface area contributed by atoms with Crippen LogP contribution in [0.5, 0.6) is 0 Å². The molecule has 0 spiro atoms. The molecule has 2 atom stereocenters. The first-order chi connectivity index (χ1) is 9.40. The van der Waals surface area contributed by atoms with Gasteiger partial charge in [-0.25, -0.2) is 0 Å². The Labute approximate surface area is 112 Å². The van der Waals surface area contributed by atoms with Crippen molar-refractivity contribution < 1.29 is 19.9 Å². The van der Waals surface area contributed by atoms with Gasteiger partial charge in [-0.1, -0.05) is 0 Å². The van der Waals surface area contributed by atoms with E-state index in [9.17, 15) is 25.1 Å². The molecule has 9 nitrogen and oxygen atoms in total. The summed E-state index contributed by atoms with van der Waals surface area (Å²) < 4.78 is 0. The molecule has 2 unspecified atom stereocenters. The number of hydrogen-bond acceptors (Lipinski definition) is 6. The average Bonchev–Trinajstić information content (AvgIpc) is 2.79. The second kappa shape index (κ2) is 5.23. The second-order valence-electron chi connectivity index (χ2n) is 4.28. The lowest BCUT2D eigenvalue weighted by Crippen LogP contribution is -2.26. The van der Waals surface area contributed by atoms with Gasteiger partial charge in [0.2, 0.25) is 5.91 Å². The molecule has 1 aromatic carbocycles. The summed E-state index contributed by atoms with van der Waals surface area (Å²) in [6.45, 7) is 0. The molecule has 2 rings (SSSR count). The van der Waals surface area contributed by atoms with Gasteiger partial charge in [0, 0.05) is 17.5 Å². The Morgan fingerprint density at radius 2 is 2.20 bits per heavy atom. The number of aliphatic hydroxyl groups excluding tert-OH is 2. The van der Waals surface area contributed by atoms with Crippen molar-refractivity contribution in [1.29, 1.82) is 0 Å². The number of amides is 1. The summed E-state index contributed by atoms with van der Waals surface area (Å²) in [5.74, 6) is -0.772. The summed E-state index contributed by atoms with van der Waals surface area (Å²) in [5.41, 5.74) is 5.26. The number of rotatable bonds is 5. The van der Waals surface area contributed by atoms with E-state index in [2.05, 4.69) is 10.2 Å². The minimum atomic E-state index is -1.45. The number of nitro benzene ring substituents is 1. The monoisotopic (exact) mass is 280 g/mol. The first-order valence-corrected chi connectivity index (χ1v) is 5.67. The summed E-state index contributed by atoms with van der Waals surface area (Å²) in [4.78, 5) is 20.9. The van der Waals surface area contributed by atoms with Gasteiger partial charge in [0.15, 0.2) is 0 Å². The molecular weight excluding hydrogens is 268 g/mol. The number of primary amides is 1. The van der Waals surface area contributed by atoms with Crippen LogP contribution >= 0.6 is 0 Å². The molecule has 0 saturated heterocycles. The topological polar surface area (TPSA) is 155 Å². The third-order valence-corrected chi connectivity index (χ3v) is 2.85. The van der Waals surface area contributed by atoms with Crippen molar-refractivity contribution in [3.8, 4) is 0 Å². The molecule has 0 saturated carbocycles. The third kappa shape index (κ3) is 2.58. The Kier molecular flexibility index (Phi) is 3.63. The van der Waals surface area contributed by atoms with E-state index in [1.54, 1.807) is 0 Å². The van der Waals surface area contributed by atoms with Crippen LogP contribution in [-0.4, -0.2) is 37.3 Å². The summed E-state index contributed by atoms with van der Waals surface area (Å²) >= 11 is 0. The Hall–Kier alpha value is -2.52. The van der Waals surface area contributed by atoms with Crippen molar-refractivity contribution in [2.45, 2.75) is 18.6 Å². The number of benzene rings is 1. The summed E-state index contributed by atoms with van der Waals surface area (Å²) in [6, 6.07) is 3.92. The number of aromatic nitrogens is 2. The van der Waals surface area contributed by atoms with Gasteiger partial charge in [-0.05, 0) is 6.07 Å². The highest BCUT2D eigenvalue weighted by Crippen LogP contribution is 2.28. The Bertz CT molecular complexity index is 668. The number of H-pyrrole nitrogens is 1.